The van der Waals surface area contributed by atoms with Crippen molar-refractivity contribution < 1.29 is 0 Å². The van der Waals surface area contributed by atoms with Gasteiger partial charge < -0.3 is 5.73 Å². The molecule has 1 nitrogen and oxygen atoms in total. The summed E-state index contributed by atoms with van der Waals surface area (Å²) in [6.07, 6.45) is 6.14. The Morgan fingerprint density at radius 3 is 2.53 bits per heavy atom. The smallest absolute Gasteiger partial charge is 0.0438 e. The maximum absolute atomic E-state index is 6.25. The van der Waals surface area contributed by atoms with E-state index in [0.29, 0.717) is 0 Å². The minimum Gasteiger partial charge on any atom is -0.330 e. The molecular weight excluding hydrogens is 230 g/mol. The summed E-state index contributed by atoms with van der Waals surface area (Å²) < 4.78 is 0. The van der Waals surface area contributed by atoms with Crippen molar-refractivity contribution in [3.8, 4) is 0 Å². The van der Waals surface area contributed by atoms with Crippen molar-refractivity contribution >= 4 is 11.6 Å². The lowest BCUT2D eigenvalue weighted by Crippen LogP contribution is -2.36. The lowest BCUT2D eigenvalue weighted by molar-refractivity contribution is 0.163. The fourth-order valence-electron chi connectivity index (χ4n) is 2.87. The highest BCUT2D eigenvalue weighted by molar-refractivity contribution is 6.31. The van der Waals surface area contributed by atoms with Gasteiger partial charge in [0.05, 0.1) is 0 Å². The van der Waals surface area contributed by atoms with E-state index in [9.17, 15) is 0 Å². The number of rotatable bonds is 3. The number of hydrogen-bond acceptors (Lipinski definition) is 1. The molecule has 0 unspecified atom stereocenters. The molecule has 1 aromatic carbocycles. The molecule has 1 aromatic rings. The summed E-state index contributed by atoms with van der Waals surface area (Å²) in [7, 11) is 0. The Bertz CT molecular complexity index is 367. The second-order valence-electron chi connectivity index (χ2n) is 5.65. The van der Waals surface area contributed by atoms with Crippen LogP contribution in [0, 0.1) is 11.3 Å². The zero-order chi connectivity index (χ0) is 12.3. The zero-order valence-electron chi connectivity index (χ0n) is 10.6. The topological polar surface area (TPSA) is 26.0 Å². The van der Waals surface area contributed by atoms with Crippen molar-refractivity contribution in [3.63, 3.8) is 0 Å². The van der Waals surface area contributed by atoms with Crippen molar-refractivity contribution in [1.82, 2.24) is 0 Å². The number of nitrogens with two attached hydrogens (primary N) is 1. The number of halogens is 1. The normalized spacial score (nSPS) is 29.2. The Balaban J connectivity index is 2.12. The van der Waals surface area contributed by atoms with Gasteiger partial charge in [-0.25, -0.2) is 0 Å². The Morgan fingerprint density at radius 1 is 1.29 bits per heavy atom. The summed E-state index contributed by atoms with van der Waals surface area (Å²) in [6, 6.07) is 8.17. The van der Waals surface area contributed by atoms with Crippen LogP contribution in [0.3, 0.4) is 0 Å². The quantitative estimate of drug-likeness (QED) is 0.862. The van der Waals surface area contributed by atoms with E-state index in [1.165, 1.54) is 31.2 Å². The highest BCUT2D eigenvalue weighted by Crippen LogP contribution is 2.41. The van der Waals surface area contributed by atoms with Gasteiger partial charge in [0.2, 0.25) is 0 Å². The average molecular weight is 252 g/mol. The molecule has 0 heterocycles. The van der Waals surface area contributed by atoms with Gasteiger partial charge in [0.1, 0.15) is 0 Å². The predicted octanol–water partition coefficient (Wildman–Crippen LogP) is 4.04. The van der Waals surface area contributed by atoms with Crippen LogP contribution >= 0.6 is 11.6 Å². The van der Waals surface area contributed by atoms with E-state index in [2.05, 4.69) is 19.1 Å². The number of benzene rings is 1. The summed E-state index contributed by atoms with van der Waals surface area (Å²) in [5.74, 6) is 0.862. The summed E-state index contributed by atoms with van der Waals surface area (Å²) in [6.45, 7) is 3.13. The molecule has 0 aromatic heterocycles. The van der Waals surface area contributed by atoms with E-state index in [1.807, 2.05) is 12.1 Å². The van der Waals surface area contributed by atoms with Crippen LogP contribution in [0.2, 0.25) is 5.02 Å². The maximum atomic E-state index is 6.25. The molecule has 2 rings (SSSR count). The van der Waals surface area contributed by atoms with Crippen LogP contribution in [0.1, 0.15) is 38.2 Å². The highest BCUT2D eigenvalue weighted by atomic mass is 35.5. The van der Waals surface area contributed by atoms with E-state index in [4.69, 9.17) is 17.3 Å². The molecule has 1 saturated carbocycles. The zero-order valence-corrected chi connectivity index (χ0v) is 11.3. The van der Waals surface area contributed by atoms with Gasteiger partial charge in [-0.1, -0.05) is 49.6 Å². The minimum atomic E-state index is 0.289. The summed E-state index contributed by atoms with van der Waals surface area (Å²) in [5.41, 5.74) is 7.59. The fraction of sp³-hybridized carbons (Fsp3) is 0.600. The summed E-state index contributed by atoms with van der Waals surface area (Å²) in [5, 5.41) is 0.888. The average Bonchev–Trinajstić information content (AvgIpc) is 2.35. The molecule has 1 fully saturated rings. The van der Waals surface area contributed by atoms with Crippen LogP contribution in [0.15, 0.2) is 24.3 Å². The van der Waals surface area contributed by atoms with E-state index in [1.54, 1.807) is 0 Å². The van der Waals surface area contributed by atoms with Gasteiger partial charge in [0.25, 0.3) is 0 Å². The fourth-order valence-corrected chi connectivity index (χ4v) is 3.08. The molecule has 0 saturated heterocycles. The van der Waals surface area contributed by atoms with Gasteiger partial charge in [0.15, 0.2) is 0 Å². The number of hydrogen-bond donors (Lipinski definition) is 1. The molecule has 1 aliphatic rings. The lowest BCUT2D eigenvalue weighted by atomic mass is 9.68. The Kier molecular flexibility index (Phi) is 4.11. The summed E-state index contributed by atoms with van der Waals surface area (Å²) in [4.78, 5) is 0. The van der Waals surface area contributed by atoms with Crippen molar-refractivity contribution in [2.24, 2.45) is 17.1 Å². The van der Waals surface area contributed by atoms with Gasteiger partial charge in [-0.2, -0.15) is 0 Å². The third kappa shape index (κ3) is 3.02. The molecule has 0 atom stereocenters. The minimum absolute atomic E-state index is 0.289. The Hall–Kier alpha value is -0.530. The van der Waals surface area contributed by atoms with Crippen LogP contribution in [0.5, 0.6) is 0 Å². The van der Waals surface area contributed by atoms with Gasteiger partial charge in [-0.05, 0) is 48.8 Å². The lowest BCUT2D eigenvalue weighted by Gasteiger charge is -2.39. The summed E-state index contributed by atoms with van der Waals surface area (Å²) >= 11 is 6.25. The Morgan fingerprint density at radius 2 is 1.94 bits per heavy atom. The molecule has 0 spiro atoms. The van der Waals surface area contributed by atoms with Crippen LogP contribution in [-0.2, 0) is 6.42 Å². The second kappa shape index (κ2) is 5.41. The molecule has 94 valence electrons. The third-order valence-corrected chi connectivity index (χ3v) is 4.66. The van der Waals surface area contributed by atoms with Crippen LogP contribution in [0.4, 0.5) is 0 Å². The second-order valence-corrected chi connectivity index (χ2v) is 6.06. The first kappa shape index (κ1) is 12.9. The van der Waals surface area contributed by atoms with Gasteiger partial charge in [-0.3, -0.25) is 0 Å². The first-order valence-corrected chi connectivity index (χ1v) is 6.96. The Labute approximate surface area is 109 Å². The van der Waals surface area contributed by atoms with Gasteiger partial charge in [0, 0.05) is 5.02 Å². The molecule has 0 amide bonds. The van der Waals surface area contributed by atoms with Crippen molar-refractivity contribution in [3.05, 3.63) is 34.9 Å². The monoisotopic (exact) mass is 251 g/mol. The maximum Gasteiger partial charge on any atom is 0.0438 e. The molecule has 1 aliphatic carbocycles. The van der Waals surface area contributed by atoms with Gasteiger partial charge in [-0.15, -0.1) is 0 Å². The van der Waals surface area contributed by atoms with Crippen LogP contribution in [-0.4, -0.2) is 6.54 Å². The molecule has 2 heteroatoms. The first-order chi connectivity index (χ1) is 8.15. The van der Waals surface area contributed by atoms with Crippen molar-refractivity contribution in [1.29, 1.82) is 0 Å². The molecule has 0 radical (unpaired) electrons. The van der Waals surface area contributed by atoms with Crippen LogP contribution in [0.25, 0.3) is 0 Å². The van der Waals surface area contributed by atoms with E-state index < -0.39 is 0 Å². The van der Waals surface area contributed by atoms with E-state index in [0.717, 1.165) is 23.9 Å². The third-order valence-electron chi connectivity index (χ3n) is 4.29. The SMILES string of the molecule is CC1CCC(CN)(Cc2ccccc2Cl)CC1. The largest absolute Gasteiger partial charge is 0.330 e. The highest BCUT2D eigenvalue weighted by Gasteiger charge is 2.33. The van der Waals surface area contributed by atoms with Crippen molar-refractivity contribution in [2.45, 2.75) is 39.0 Å². The van der Waals surface area contributed by atoms with Crippen LogP contribution < -0.4 is 5.73 Å². The van der Waals surface area contributed by atoms with E-state index in [-0.39, 0.29) is 5.41 Å². The molecule has 0 bridgehead atoms. The molecule has 17 heavy (non-hydrogen) atoms. The predicted molar refractivity (Wildman–Crippen MR) is 74.3 cm³/mol. The first-order valence-electron chi connectivity index (χ1n) is 6.59. The van der Waals surface area contributed by atoms with Crippen molar-refractivity contribution in [2.75, 3.05) is 6.54 Å². The standard InChI is InChI=1S/C15H22ClN/c1-12-6-8-15(11-17,9-7-12)10-13-4-2-3-5-14(13)16/h2-5,12H,6-11,17H2,1H3. The van der Waals surface area contributed by atoms with E-state index >= 15 is 0 Å². The molecule has 0 aliphatic heterocycles. The molecule has 2 N–H and O–H groups in total. The molecular formula is C15H22ClN. The van der Waals surface area contributed by atoms with Gasteiger partial charge >= 0.3 is 0 Å².